The predicted molar refractivity (Wildman–Crippen MR) is 150 cm³/mol. The Morgan fingerprint density at radius 2 is 1.78 bits per heavy atom. The number of carbonyl (C=O) groups excluding carboxylic acids is 5. The highest BCUT2D eigenvalue weighted by Gasteiger charge is 2.36. The number of methoxy groups -OCH3 is 1. The number of benzene rings is 1. The van der Waals surface area contributed by atoms with Crippen LogP contribution < -0.4 is 20.9 Å². The van der Waals surface area contributed by atoms with Gasteiger partial charge in [0.1, 0.15) is 23.8 Å². The molecule has 1 aromatic rings. The molecule has 12 heteroatoms. The lowest BCUT2D eigenvalue weighted by atomic mass is 9.97. The van der Waals surface area contributed by atoms with Crippen LogP contribution in [0.15, 0.2) is 24.3 Å². The molecule has 12 nitrogen and oxygen atoms in total. The molecule has 41 heavy (non-hydrogen) atoms. The Labute approximate surface area is 240 Å². The van der Waals surface area contributed by atoms with Crippen molar-refractivity contribution >= 4 is 35.7 Å². The second kappa shape index (κ2) is 13.7. The van der Waals surface area contributed by atoms with Gasteiger partial charge in [0.05, 0.1) is 12.8 Å². The second-order valence-electron chi connectivity index (χ2n) is 11.8. The molecule has 1 saturated heterocycles. The molecule has 0 aromatic heterocycles. The van der Waals surface area contributed by atoms with E-state index >= 15 is 0 Å². The summed E-state index contributed by atoms with van der Waals surface area (Å²) < 4.78 is 16.1. The summed E-state index contributed by atoms with van der Waals surface area (Å²) in [5.74, 6) is -1.82. The van der Waals surface area contributed by atoms with Crippen molar-refractivity contribution in [2.45, 2.75) is 84.1 Å². The van der Waals surface area contributed by atoms with E-state index in [1.54, 1.807) is 45.0 Å². The Morgan fingerprint density at radius 1 is 1.07 bits per heavy atom. The van der Waals surface area contributed by atoms with E-state index in [0.717, 1.165) is 0 Å². The predicted octanol–water partition coefficient (Wildman–Crippen LogP) is 3.20. The number of esters is 1. The lowest BCUT2D eigenvalue weighted by Crippen LogP contribution is -2.53. The number of carbonyl (C=O) groups is 5. The maximum absolute atomic E-state index is 13.3. The zero-order chi connectivity index (χ0) is 30.3. The average Bonchev–Trinajstić information content (AvgIpc) is 3.30. The van der Waals surface area contributed by atoms with Gasteiger partial charge in [-0.1, -0.05) is 32.0 Å². The molecular weight excluding hydrogens is 532 g/mol. The zero-order valence-corrected chi connectivity index (χ0v) is 24.7. The third kappa shape index (κ3) is 8.83. The summed E-state index contributed by atoms with van der Waals surface area (Å²) in [6.07, 6.45) is -0.688. The van der Waals surface area contributed by atoms with E-state index in [2.05, 4.69) is 16.0 Å². The van der Waals surface area contributed by atoms with Gasteiger partial charge < -0.3 is 30.2 Å². The van der Waals surface area contributed by atoms with Crippen LogP contribution in [-0.2, 0) is 28.6 Å². The molecule has 0 aliphatic carbocycles. The molecule has 0 bridgehead atoms. The summed E-state index contributed by atoms with van der Waals surface area (Å²) >= 11 is 0. The number of fused-ring (bicyclic) bond motifs is 1. The number of para-hydroxylation sites is 1. The van der Waals surface area contributed by atoms with Gasteiger partial charge in [-0.25, -0.2) is 14.4 Å². The molecule has 1 aromatic carbocycles. The molecule has 1 unspecified atom stereocenters. The van der Waals surface area contributed by atoms with Crippen molar-refractivity contribution in [3.05, 3.63) is 29.8 Å². The first kappa shape index (κ1) is 31.7. The molecule has 0 spiro atoms. The van der Waals surface area contributed by atoms with Crippen LogP contribution in [0.5, 0.6) is 0 Å². The Balaban J connectivity index is 1.69. The van der Waals surface area contributed by atoms with E-state index < -0.39 is 53.8 Å². The van der Waals surface area contributed by atoms with Crippen molar-refractivity contribution in [2.75, 3.05) is 25.1 Å². The maximum Gasteiger partial charge on any atom is 0.414 e. The van der Waals surface area contributed by atoms with Crippen molar-refractivity contribution in [1.29, 1.82) is 0 Å². The second-order valence-corrected chi connectivity index (χ2v) is 11.8. The number of amides is 4. The molecule has 3 N–H and O–H groups in total. The minimum Gasteiger partial charge on any atom is -0.467 e. The fourth-order valence-electron chi connectivity index (χ4n) is 4.95. The van der Waals surface area contributed by atoms with Crippen LogP contribution in [0.3, 0.4) is 0 Å². The highest BCUT2D eigenvalue weighted by molar-refractivity contribution is 5.91. The monoisotopic (exact) mass is 574 g/mol. The highest BCUT2D eigenvalue weighted by Crippen LogP contribution is 2.36. The van der Waals surface area contributed by atoms with Gasteiger partial charge in [-0.3, -0.25) is 14.5 Å². The van der Waals surface area contributed by atoms with Gasteiger partial charge in [-0.05, 0) is 52.0 Å². The van der Waals surface area contributed by atoms with Gasteiger partial charge in [0.15, 0.2) is 0 Å². The summed E-state index contributed by atoms with van der Waals surface area (Å²) in [5.41, 5.74) is 0.561. The Morgan fingerprint density at radius 3 is 2.39 bits per heavy atom. The third-order valence-electron chi connectivity index (χ3n) is 6.85. The molecule has 0 saturated carbocycles. The average molecular weight is 575 g/mol. The molecular formula is C29H42N4O8. The SMILES string of the molecule is COC(=O)[C@H](C[C@@H]1CCNC1=O)NC(=O)[C@H](CC(C)C)NC(=O)OC1CCN(C(=O)OC(C)(C)C)c2ccccc21. The lowest BCUT2D eigenvalue weighted by molar-refractivity contribution is -0.146. The number of ether oxygens (including phenoxy) is 3. The van der Waals surface area contributed by atoms with E-state index in [1.165, 1.54) is 12.0 Å². The number of hydrogen-bond donors (Lipinski definition) is 3. The highest BCUT2D eigenvalue weighted by atomic mass is 16.6. The quantitative estimate of drug-likeness (QED) is 0.300. The van der Waals surface area contributed by atoms with Crippen molar-refractivity contribution in [2.24, 2.45) is 11.8 Å². The first-order chi connectivity index (χ1) is 19.3. The fourth-order valence-corrected chi connectivity index (χ4v) is 4.95. The summed E-state index contributed by atoms with van der Waals surface area (Å²) in [6, 6.07) is 5.08. The van der Waals surface area contributed by atoms with Crippen LogP contribution in [0.4, 0.5) is 15.3 Å². The molecule has 226 valence electrons. The van der Waals surface area contributed by atoms with Crippen molar-refractivity contribution in [3.63, 3.8) is 0 Å². The summed E-state index contributed by atoms with van der Waals surface area (Å²) in [7, 11) is 1.21. The number of anilines is 1. The van der Waals surface area contributed by atoms with Crippen LogP contribution in [0, 0.1) is 11.8 Å². The minimum absolute atomic E-state index is 0.0287. The van der Waals surface area contributed by atoms with Gasteiger partial charge in [-0.2, -0.15) is 0 Å². The van der Waals surface area contributed by atoms with Crippen molar-refractivity contribution in [3.8, 4) is 0 Å². The maximum atomic E-state index is 13.3. The molecule has 2 aliphatic heterocycles. The number of hydrogen-bond acceptors (Lipinski definition) is 8. The van der Waals surface area contributed by atoms with Crippen LogP contribution in [0.2, 0.25) is 0 Å². The summed E-state index contributed by atoms with van der Waals surface area (Å²) in [5, 5.41) is 8.03. The molecule has 4 amide bonds. The normalized spacial score (nSPS) is 19.9. The topological polar surface area (TPSA) is 152 Å². The summed E-state index contributed by atoms with van der Waals surface area (Å²) in [6.45, 7) is 9.95. The zero-order valence-electron chi connectivity index (χ0n) is 24.7. The molecule has 2 heterocycles. The third-order valence-corrected chi connectivity index (χ3v) is 6.85. The first-order valence-electron chi connectivity index (χ1n) is 14.0. The van der Waals surface area contributed by atoms with Gasteiger partial charge in [0, 0.05) is 31.0 Å². The molecule has 2 aliphatic rings. The van der Waals surface area contributed by atoms with Crippen molar-refractivity contribution in [1.82, 2.24) is 16.0 Å². The van der Waals surface area contributed by atoms with Crippen LogP contribution in [-0.4, -0.2) is 67.9 Å². The Hall–Kier alpha value is -3.83. The first-order valence-corrected chi connectivity index (χ1v) is 14.0. The van der Waals surface area contributed by atoms with Gasteiger partial charge in [-0.15, -0.1) is 0 Å². The number of rotatable bonds is 9. The van der Waals surface area contributed by atoms with Crippen LogP contribution in [0.25, 0.3) is 0 Å². The fraction of sp³-hybridized carbons (Fsp3) is 0.621. The van der Waals surface area contributed by atoms with E-state index in [4.69, 9.17) is 14.2 Å². The molecule has 4 atom stereocenters. The number of alkyl carbamates (subject to hydrolysis) is 1. The largest absolute Gasteiger partial charge is 0.467 e. The molecule has 0 radical (unpaired) electrons. The van der Waals surface area contributed by atoms with Crippen LogP contribution >= 0.6 is 0 Å². The smallest absolute Gasteiger partial charge is 0.414 e. The van der Waals surface area contributed by atoms with Crippen molar-refractivity contribution < 1.29 is 38.2 Å². The Bertz CT molecular complexity index is 1130. The number of nitrogens with zero attached hydrogens (tertiary/aromatic N) is 1. The Kier molecular flexibility index (Phi) is 10.6. The van der Waals surface area contributed by atoms with E-state index in [1.807, 2.05) is 13.8 Å². The lowest BCUT2D eigenvalue weighted by Gasteiger charge is -2.35. The molecule has 3 rings (SSSR count). The minimum atomic E-state index is -1.04. The van der Waals surface area contributed by atoms with E-state index in [0.29, 0.717) is 30.6 Å². The molecule has 1 fully saturated rings. The van der Waals surface area contributed by atoms with Gasteiger partial charge in [0.25, 0.3) is 0 Å². The van der Waals surface area contributed by atoms with E-state index in [-0.39, 0.29) is 31.2 Å². The van der Waals surface area contributed by atoms with Gasteiger partial charge >= 0.3 is 18.2 Å². The summed E-state index contributed by atoms with van der Waals surface area (Å²) in [4.78, 5) is 65.1. The van der Waals surface area contributed by atoms with Crippen LogP contribution in [0.1, 0.15) is 72.0 Å². The van der Waals surface area contributed by atoms with Gasteiger partial charge in [0.2, 0.25) is 11.8 Å². The standard InChI is InChI=1S/C29H42N4O8/c1-17(2)15-20(25(35)31-21(26(36)39-6)16-18-11-13-30-24(18)34)32-27(37)40-23-12-14-33(28(38)41-29(3,4)5)22-10-8-7-9-19(22)23/h7-10,17-18,20-21,23H,11-16H2,1-6H3,(H,30,34)(H,31,35)(H,32,37)/t18-,20-,21-,23?/m0/s1. The van der Waals surface area contributed by atoms with E-state index in [9.17, 15) is 24.0 Å². The number of nitrogens with one attached hydrogen (secondary N) is 3.